The molecule has 0 radical (unpaired) electrons. The number of carbonyl (C=O) groups is 1. The van der Waals surface area contributed by atoms with E-state index in [1.165, 1.54) is 38.5 Å². The Morgan fingerprint density at radius 3 is 2.63 bits per heavy atom. The Balaban J connectivity index is 1.91. The van der Waals surface area contributed by atoms with Crippen molar-refractivity contribution in [3.8, 4) is 0 Å². The van der Waals surface area contributed by atoms with Crippen LogP contribution >= 0.6 is 15.9 Å². The highest BCUT2D eigenvalue weighted by atomic mass is 79.9. The minimum Gasteiger partial charge on any atom is -0.325 e. The third-order valence-corrected chi connectivity index (χ3v) is 4.54. The van der Waals surface area contributed by atoms with E-state index in [4.69, 9.17) is 0 Å². The molecule has 1 aromatic rings. The Labute approximate surface area is 124 Å². The summed E-state index contributed by atoms with van der Waals surface area (Å²) >= 11 is 3.48. The van der Waals surface area contributed by atoms with E-state index >= 15 is 0 Å². The Morgan fingerprint density at radius 2 is 1.95 bits per heavy atom. The highest BCUT2D eigenvalue weighted by molar-refractivity contribution is 9.10. The number of anilines is 1. The number of nitrogens with one attached hydrogen (secondary N) is 1. The van der Waals surface area contributed by atoms with E-state index in [1.807, 2.05) is 25.1 Å². The fraction of sp³-hybridized carbons (Fsp3) is 0.562. The molecular weight excluding hydrogens is 302 g/mol. The first-order valence-electron chi connectivity index (χ1n) is 7.21. The van der Waals surface area contributed by atoms with Crippen LogP contribution in [0.4, 0.5) is 5.69 Å². The van der Waals surface area contributed by atoms with Crippen LogP contribution in [0.15, 0.2) is 22.7 Å². The molecule has 3 heteroatoms. The zero-order valence-electron chi connectivity index (χ0n) is 11.5. The minimum absolute atomic E-state index is 0.151. The van der Waals surface area contributed by atoms with Gasteiger partial charge in [-0.3, -0.25) is 4.79 Å². The molecule has 1 aliphatic rings. The van der Waals surface area contributed by atoms with Crippen molar-refractivity contribution >= 4 is 27.5 Å². The molecule has 1 amide bonds. The van der Waals surface area contributed by atoms with Crippen LogP contribution < -0.4 is 5.32 Å². The molecule has 2 nitrogen and oxygen atoms in total. The van der Waals surface area contributed by atoms with Crippen LogP contribution in [0.3, 0.4) is 0 Å². The van der Waals surface area contributed by atoms with E-state index in [2.05, 4.69) is 21.2 Å². The van der Waals surface area contributed by atoms with Gasteiger partial charge in [0.05, 0.1) is 5.69 Å². The third kappa shape index (κ3) is 4.64. The minimum atomic E-state index is 0.151. The molecule has 0 heterocycles. The van der Waals surface area contributed by atoms with E-state index < -0.39 is 0 Å². The van der Waals surface area contributed by atoms with Crippen molar-refractivity contribution < 1.29 is 4.79 Å². The van der Waals surface area contributed by atoms with Crippen molar-refractivity contribution in [2.45, 2.75) is 51.9 Å². The average Bonchev–Trinajstić information content (AvgIpc) is 2.62. The molecule has 0 saturated heterocycles. The summed E-state index contributed by atoms with van der Waals surface area (Å²) in [6.07, 6.45) is 8.33. The fourth-order valence-electron chi connectivity index (χ4n) is 2.77. The molecule has 104 valence electrons. The molecule has 0 unspecified atom stereocenters. The van der Waals surface area contributed by atoms with E-state index in [0.29, 0.717) is 12.3 Å². The number of hydrogen-bond acceptors (Lipinski definition) is 1. The molecular formula is C16H22BrNO. The van der Waals surface area contributed by atoms with Gasteiger partial charge in [-0.15, -0.1) is 0 Å². The lowest BCUT2D eigenvalue weighted by atomic mass is 9.96. The fourth-order valence-corrected chi connectivity index (χ4v) is 3.11. The number of rotatable bonds is 3. The van der Waals surface area contributed by atoms with Crippen LogP contribution in [0, 0.1) is 12.8 Å². The van der Waals surface area contributed by atoms with Crippen molar-refractivity contribution in [1.82, 2.24) is 0 Å². The molecule has 0 bridgehead atoms. The van der Waals surface area contributed by atoms with Gasteiger partial charge in [-0.1, -0.05) is 31.7 Å². The monoisotopic (exact) mass is 323 g/mol. The highest BCUT2D eigenvalue weighted by Gasteiger charge is 2.16. The van der Waals surface area contributed by atoms with E-state index in [0.717, 1.165) is 15.7 Å². The molecule has 19 heavy (non-hydrogen) atoms. The Morgan fingerprint density at radius 1 is 1.26 bits per heavy atom. The number of benzene rings is 1. The maximum atomic E-state index is 12.1. The molecule has 1 aliphatic carbocycles. The van der Waals surface area contributed by atoms with Gasteiger partial charge in [-0.25, -0.2) is 0 Å². The molecule has 1 fully saturated rings. The zero-order chi connectivity index (χ0) is 13.7. The number of halogens is 1. The lowest BCUT2D eigenvalue weighted by Gasteiger charge is -2.14. The van der Waals surface area contributed by atoms with Gasteiger partial charge in [0.25, 0.3) is 0 Å². The molecule has 0 spiro atoms. The summed E-state index contributed by atoms with van der Waals surface area (Å²) in [4.78, 5) is 12.1. The van der Waals surface area contributed by atoms with Crippen LogP contribution in [0.5, 0.6) is 0 Å². The van der Waals surface area contributed by atoms with Crippen LogP contribution in [0.25, 0.3) is 0 Å². The van der Waals surface area contributed by atoms with Crippen molar-refractivity contribution in [3.63, 3.8) is 0 Å². The summed E-state index contributed by atoms with van der Waals surface area (Å²) in [5.74, 6) is 0.726. The predicted molar refractivity (Wildman–Crippen MR) is 83.3 cm³/mol. The standard InChI is InChI=1S/C16H22BrNO/c1-12-8-9-14(17)15(10-12)18-16(19)11-13-6-4-2-3-5-7-13/h8-10,13H,2-7,11H2,1H3,(H,18,19). The Hall–Kier alpha value is -0.830. The average molecular weight is 324 g/mol. The lowest BCUT2D eigenvalue weighted by molar-refractivity contribution is -0.117. The van der Waals surface area contributed by atoms with Gasteiger partial charge in [0, 0.05) is 10.9 Å². The van der Waals surface area contributed by atoms with Crippen molar-refractivity contribution in [3.05, 3.63) is 28.2 Å². The summed E-state index contributed by atoms with van der Waals surface area (Å²) in [6, 6.07) is 6.02. The molecule has 0 aliphatic heterocycles. The van der Waals surface area contributed by atoms with E-state index in [9.17, 15) is 4.79 Å². The molecule has 1 saturated carbocycles. The molecule has 2 rings (SSSR count). The van der Waals surface area contributed by atoms with Gasteiger partial charge >= 0.3 is 0 Å². The normalized spacial score (nSPS) is 16.9. The Kier molecular flexibility index (Phi) is 5.44. The van der Waals surface area contributed by atoms with Crippen LogP contribution in [0.2, 0.25) is 0 Å². The summed E-state index contributed by atoms with van der Waals surface area (Å²) < 4.78 is 0.951. The highest BCUT2D eigenvalue weighted by Crippen LogP contribution is 2.27. The van der Waals surface area contributed by atoms with Gasteiger partial charge in [0.1, 0.15) is 0 Å². The van der Waals surface area contributed by atoms with Gasteiger partial charge in [0.15, 0.2) is 0 Å². The van der Waals surface area contributed by atoms with Crippen molar-refractivity contribution in [1.29, 1.82) is 0 Å². The first kappa shape index (κ1) is 14.6. The first-order chi connectivity index (χ1) is 9.15. The number of aryl methyl sites for hydroxylation is 1. The second-order valence-electron chi connectivity index (χ2n) is 5.59. The summed E-state index contributed by atoms with van der Waals surface area (Å²) in [6.45, 7) is 2.04. The van der Waals surface area contributed by atoms with Crippen molar-refractivity contribution in [2.24, 2.45) is 5.92 Å². The summed E-state index contributed by atoms with van der Waals surface area (Å²) in [5.41, 5.74) is 2.05. The Bertz CT molecular complexity index is 436. The number of carbonyl (C=O) groups excluding carboxylic acids is 1. The lowest BCUT2D eigenvalue weighted by Crippen LogP contribution is -2.16. The predicted octanol–water partition coefficient (Wildman–Crippen LogP) is 5.06. The maximum Gasteiger partial charge on any atom is 0.224 e. The quantitative estimate of drug-likeness (QED) is 0.774. The zero-order valence-corrected chi connectivity index (χ0v) is 13.1. The third-order valence-electron chi connectivity index (χ3n) is 3.84. The van der Waals surface area contributed by atoms with E-state index in [1.54, 1.807) is 0 Å². The second kappa shape index (κ2) is 7.09. The summed E-state index contributed by atoms with van der Waals surface area (Å²) in [7, 11) is 0. The summed E-state index contributed by atoms with van der Waals surface area (Å²) in [5, 5.41) is 3.03. The molecule has 1 aromatic carbocycles. The van der Waals surface area contributed by atoms with Gasteiger partial charge < -0.3 is 5.32 Å². The largest absolute Gasteiger partial charge is 0.325 e. The molecule has 0 atom stereocenters. The second-order valence-corrected chi connectivity index (χ2v) is 6.45. The topological polar surface area (TPSA) is 29.1 Å². The van der Waals surface area contributed by atoms with Crippen LogP contribution in [-0.4, -0.2) is 5.91 Å². The molecule has 1 N–H and O–H groups in total. The van der Waals surface area contributed by atoms with Gasteiger partial charge in [-0.2, -0.15) is 0 Å². The van der Waals surface area contributed by atoms with Gasteiger partial charge in [-0.05, 0) is 59.3 Å². The molecule has 0 aromatic heterocycles. The van der Waals surface area contributed by atoms with Gasteiger partial charge in [0.2, 0.25) is 5.91 Å². The first-order valence-corrected chi connectivity index (χ1v) is 8.00. The number of amides is 1. The van der Waals surface area contributed by atoms with Crippen molar-refractivity contribution in [2.75, 3.05) is 5.32 Å². The van der Waals surface area contributed by atoms with E-state index in [-0.39, 0.29) is 5.91 Å². The SMILES string of the molecule is Cc1ccc(Br)c(NC(=O)CC2CCCCCC2)c1. The van der Waals surface area contributed by atoms with Crippen LogP contribution in [0.1, 0.15) is 50.5 Å². The maximum absolute atomic E-state index is 12.1. The van der Waals surface area contributed by atoms with Crippen LogP contribution in [-0.2, 0) is 4.79 Å². The smallest absolute Gasteiger partial charge is 0.224 e. The number of hydrogen-bond donors (Lipinski definition) is 1.